The average Bonchev–Trinajstić information content (AvgIpc) is 3.00. The third kappa shape index (κ3) is 2.04. The highest BCUT2D eigenvalue weighted by Crippen LogP contribution is 2.39. The van der Waals surface area contributed by atoms with E-state index in [1.165, 1.54) is 0 Å². The van der Waals surface area contributed by atoms with Gasteiger partial charge in [-0.2, -0.15) is 0 Å². The van der Waals surface area contributed by atoms with Crippen molar-refractivity contribution >= 4 is 22.9 Å². The number of hydrogen-bond donors (Lipinski definition) is 3. The normalized spacial score (nSPS) is 23.0. The van der Waals surface area contributed by atoms with Gasteiger partial charge in [0, 0.05) is 22.5 Å². The summed E-state index contributed by atoms with van der Waals surface area (Å²) >= 11 is 0. The van der Waals surface area contributed by atoms with Crippen molar-refractivity contribution in [3.05, 3.63) is 65.0 Å². The molecule has 2 heterocycles. The van der Waals surface area contributed by atoms with Gasteiger partial charge >= 0.3 is 0 Å². The largest absolute Gasteiger partial charge is 0.497 e. The minimum atomic E-state index is -0.241. The predicted molar refractivity (Wildman–Crippen MR) is 90.8 cm³/mol. The van der Waals surface area contributed by atoms with Crippen molar-refractivity contribution in [2.24, 2.45) is 5.16 Å². The lowest BCUT2D eigenvalue weighted by atomic mass is 10.0. The van der Waals surface area contributed by atoms with Crippen LogP contribution in [0.15, 0.2) is 64.6 Å². The zero-order valence-electron chi connectivity index (χ0n) is 13.0. The fraction of sp³-hybridized carbons (Fsp3) is 0.111. The van der Waals surface area contributed by atoms with Crippen molar-refractivity contribution in [3.63, 3.8) is 0 Å². The summed E-state index contributed by atoms with van der Waals surface area (Å²) in [5.74, 6) is 0.412. The lowest BCUT2D eigenvalue weighted by Gasteiger charge is -2.06. The lowest BCUT2D eigenvalue weighted by Crippen LogP contribution is -2.14. The van der Waals surface area contributed by atoms with Gasteiger partial charge in [0.05, 0.1) is 18.4 Å². The van der Waals surface area contributed by atoms with Crippen molar-refractivity contribution in [2.45, 2.75) is 6.42 Å². The standard InChI is InChI=1S/C18H15N3O3/c1-24-10-7-8-14-12(9-10)15(18(22)20-14)17-16(21-23)11-5-3-2-4-6-13(11)19-17/h2-3,5-9,19,23H,4H2,1H3,(H,20,22)/b17-15-,21-16+. The van der Waals surface area contributed by atoms with Crippen molar-refractivity contribution in [1.29, 1.82) is 0 Å². The van der Waals surface area contributed by atoms with Crippen LogP contribution in [-0.2, 0) is 4.79 Å². The third-order valence-corrected chi connectivity index (χ3v) is 4.22. The second kappa shape index (κ2) is 5.42. The van der Waals surface area contributed by atoms with Crippen LogP contribution in [0.4, 0.5) is 5.69 Å². The van der Waals surface area contributed by atoms with E-state index in [1.54, 1.807) is 25.3 Å². The Morgan fingerprint density at radius 2 is 2.17 bits per heavy atom. The molecular weight excluding hydrogens is 306 g/mol. The molecule has 1 fully saturated rings. The Labute approximate surface area is 138 Å². The monoisotopic (exact) mass is 321 g/mol. The molecule has 0 radical (unpaired) electrons. The maximum absolute atomic E-state index is 12.5. The van der Waals surface area contributed by atoms with Gasteiger partial charge in [0.1, 0.15) is 11.5 Å². The molecule has 0 atom stereocenters. The molecule has 0 saturated carbocycles. The van der Waals surface area contributed by atoms with Crippen LogP contribution in [-0.4, -0.2) is 23.9 Å². The molecule has 2 aliphatic heterocycles. The first-order valence-electron chi connectivity index (χ1n) is 7.54. The number of carbonyl (C=O) groups excluding carboxylic acids is 1. The highest BCUT2D eigenvalue weighted by atomic mass is 16.5. The smallest absolute Gasteiger partial charge is 0.258 e. The van der Waals surface area contributed by atoms with Crippen molar-refractivity contribution in [3.8, 4) is 5.75 Å². The zero-order chi connectivity index (χ0) is 16.7. The summed E-state index contributed by atoms with van der Waals surface area (Å²) in [5, 5.41) is 19.0. The van der Waals surface area contributed by atoms with E-state index in [4.69, 9.17) is 4.74 Å². The molecule has 3 N–H and O–H groups in total. The van der Waals surface area contributed by atoms with E-state index in [0.717, 1.165) is 23.3 Å². The van der Waals surface area contributed by atoms with Gasteiger partial charge in [0.25, 0.3) is 5.91 Å². The summed E-state index contributed by atoms with van der Waals surface area (Å²) < 4.78 is 5.26. The Bertz CT molecular complexity index is 904. The van der Waals surface area contributed by atoms with Gasteiger partial charge in [-0.1, -0.05) is 29.5 Å². The number of rotatable bonds is 1. The molecule has 3 aliphatic rings. The molecule has 1 saturated heterocycles. The van der Waals surface area contributed by atoms with E-state index in [-0.39, 0.29) is 5.91 Å². The van der Waals surface area contributed by atoms with Crippen LogP contribution < -0.4 is 15.4 Å². The van der Waals surface area contributed by atoms with Crippen molar-refractivity contribution in [1.82, 2.24) is 5.32 Å². The number of hydrogen-bond acceptors (Lipinski definition) is 5. The number of oxime groups is 1. The number of fused-ring (bicyclic) bond motifs is 2. The molecule has 24 heavy (non-hydrogen) atoms. The Balaban J connectivity index is 1.93. The molecule has 1 aromatic rings. The topological polar surface area (TPSA) is 82.9 Å². The van der Waals surface area contributed by atoms with Gasteiger partial charge in [-0.05, 0) is 24.6 Å². The van der Waals surface area contributed by atoms with Gasteiger partial charge in [-0.3, -0.25) is 4.79 Å². The maximum Gasteiger partial charge on any atom is 0.258 e. The van der Waals surface area contributed by atoms with E-state index in [1.807, 2.05) is 24.3 Å². The number of benzene rings is 1. The van der Waals surface area contributed by atoms with E-state index < -0.39 is 0 Å². The third-order valence-electron chi connectivity index (χ3n) is 4.22. The Morgan fingerprint density at radius 1 is 1.29 bits per heavy atom. The highest BCUT2D eigenvalue weighted by molar-refractivity contribution is 6.38. The summed E-state index contributed by atoms with van der Waals surface area (Å²) in [4.78, 5) is 12.5. The maximum atomic E-state index is 12.5. The Hall–Kier alpha value is -3.28. The SMILES string of the molecule is COc1ccc2c(c1)/C(=C1/NC3=CCC=CC=C3/C1=N\O)C(=O)N2. The number of allylic oxidation sites excluding steroid dienone is 6. The molecule has 120 valence electrons. The molecule has 6 heteroatoms. The molecule has 1 aliphatic carbocycles. The zero-order valence-corrected chi connectivity index (χ0v) is 13.0. The summed E-state index contributed by atoms with van der Waals surface area (Å²) in [5.41, 5.74) is 4.31. The Morgan fingerprint density at radius 3 is 2.96 bits per heavy atom. The average molecular weight is 321 g/mol. The van der Waals surface area contributed by atoms with Crippen molar-refractivity contribution < 1.29 is 14.7 Å². The first kappa shape index (κ1) is 14.3. The molecule has 0 bridgehead atoms. The van der Waals surface area contributed by atoms with E-state index >= 15 is 0 Å². The molecule has 4 rings (SSSR count). The quantitative estimate of drug-likeness (QED) is 0.422. The molecule has 0 aromatic heterocycles. The van der Waals surface area contributed by atoms with E-state index in [0.29, 0.717) is 28.4 Å². The summed E-state index contributed by atoms with van der Waals surface area (Å²) in [6.45, 7) is 0. The first-order chi connectivity index (χ1) is 11.7. The van der Waals surface area contributed by atoms with Crippen LogP contribution in [0.1, 0.15) is 12.0 Å². The molecule has 6 nitrogen and oxygen atoms in total. The van der Waals surface area contributed by atoms with E-state index in [2.05, 4.69) is 15.8 Å². The van der Waals surface area contributed by atoms with Gasteiger partial charge in [-0.25, -0.2) is 0 Å². The molecule has 0 unspecified atom stereocenters. The second-order valence-electron chi connectivity index (χ2n) is 5.55. The number of carbonyl (C=O) groups is 1. The Kier molecular flexibility index (Phi) is 3.23. The number of nitrogens with zero attached hydrogens (tertiary/aromatic N) is 1. The number of nitrogens with one attached hydrogen (secondary N) is 2. The fourth-order valence-corrected chi connectivity index (χ4v) is 3.09. The summed E-state index contributed by atoms with van der Waals surface area (Å²) in [6.07, 6.45) is 8.54. The molecule has 0 spiro atoms. The van der Waals surface area contributed by atoms with Crippen LogP contribution in [0.3, 0.4) is 0 Å². The second-order valence-corrected chi connectivity index (χ2v) is 5.55. The van der Waals surface area contributed by atoms with Crippen LogP contribution in [0.2, 0.25) is 0 Å². The highest BCUT2D eigenvalue weighted by Gasteiger charge is 2.35. The fourth-order valence-electron chi connectivity index (χ4n) is 3.09. The minimum Gasteiger partial charge on any atom is -0.497 e. The molecule has 1 aromatic carbocycles. The predicted octanol–water partition coefficient (Wildman–Crippen LogP) is 2.56. The first-order valence-corrected chi connectivity index (χ1v) is 7.54. The van der Waals surface area contributed by atoms with Gasteiger partial charge in [0.15, 0.2) is 0 Å². The van der Waals surface area contributed by atoms with Gasteiger partial charge in [-0.15, -0.1) is 0 Å². The number of ether oxygens (including phenoxy) is 1. The minimum absolute atomic E-state index is 0.241. The van der Waals surface area contributed by atoms with Crippen LogP contribution in [0, 0.1) is 0 Å². The molecular formula is C18H15N3O3. The van der Waals surface area contributed by atoms with E-state index in [9.17, 15) is 10.0 Å². The van der Waals surface area contributed by atoms with Crippen molar-refractivity contribution in [2.75, 3.05) is 12.4 Å². The van der Waals surface area contributed by atoms with Crippen LogP contribution in [0.5, 0.6) is 5.75 Å². The van der Waals surface area contributed by atoms with Gasteiger partial charge < -0.3 is 20.6 Å². The number of methoxy groups -OCH3 is 1. The summed E-state index contributed by atoms with van der Waals surface area (Å²) in [6, 6.07) is 5.38. The van der Waals surface area contributed by atoms with Crippen LogP contribution in [0.25, 0.3) is 5.57 Å². The lowest BCUT2D eigenvalue weighted by molar-refractivity contribution is -0.110. The summed E-state index contributed by atoms with van der Waals surface area (Å²) in [7, 11) is 1.58. The number of amides is 1. The number of anilines is 1. The van der Waals surface area contributed by atoms with Gasteiger partial charge in [0.2, 0.25) is 0 Å². The molecule has 1 amide bonds. The van der Waals surface area contributed by atoms with Crippen LogP contribution >= 0.6 is 0 Å².